The van der Waals surface area contributed by atoms with Gasteiger partial charge in [-0.15, -0.1) is 0 Å². The highest BCUT2D eigenvalue weighted by Gasteiger charge is 2.65. The number of benzene rings is 1. The van der Waals surface area contributed by atoms with Crippen molar-refractivity contribution in [2.45, 2.75) is 42.7 Å². The Bertz CT molecular complexity index is 1100. The molecule has 1 N–H and O–H groups in total. The fourth-order valence-electron chi connectivity index (χ4n) is 3.90. The Morgan fingerprint density at radius 3 is 2.52 bits per heavy atom. The molecule has 2 heterocycles. The van der Waals surface area contributed by atoms with Gasteiger partial charge < -0.3 is 14.8 Å². The first-order valence-electron chi connectivity index (χ1n) is 9.68. The van der Waals surface area contributed by atoms with Crippen LogP contribution in [0.3, 0.4) is 0 Å². The fraction of sp³-hybridized carbons (Fsp3) is 0.429. The van der Waals surface area contributed by atoms with Gasteiger partial charge in [-0.2, -0.15) is 17.6 Å². The number of carbonyl (C=O) groups excluding carboxylic acids is 1. The van der Waals surface area contributed by atoms with Crippen molar-refractivity contribution in [1.82, 2.24) is 4.98 Å². The van der Waals surface area contributed by atoms with Crippen molar-refractivity contribution in [2.75, 3.05) is 18.7 Å². The van der Waals surface area contributed by atoms with E-state index in [4.69, 9.17) is 9.47 Å². The summed E-state index contributed by atoms with van der Waals surface area (Å²) in [7, 11) is -0.423. The molecular weight excluding hydrogens is 471 g/mol. The van der Waals surface area contributed by atoms with Gasteiger partial charge in [-0.3, -0.25) is 9.00 Å². The number of pyridine rings is 1. The molecule has 12 heteroatoms. The molecule has 0 spiro atoms. The van der Waals surface area contributed by atoms with E-state index in [9.17, 15) is 31.0 Å². The Labute approximate surface area is 188 Å². The summed E-state index contributed by atoms with van der Waals surface area (Å²) in [6.45, 7) is 2.02. The van der Waals surface area contributed by atoms with Gasteiger partial charge in [0.05, 0.1) is 17.9 Å². The number of hydrogen-bond acceptors (Lipinski definition) is 5. The van der Waals surface area contributed by atoms with Crippen LogP contribution in [0.2, 0.25) is 0 Å². The highest BCUT2D eigenvalue weighted by atomic mass is 32.2. The molecule has 0 radical (unpaired) electrons. The van der Waals surface area contributed by atoms with Crippen LogP contribution < -0.4 is 10.1 Å². The van der Waals surface area contributed by atoms with Crippen LogP contribution in [0.5, 0.6) is 5.75 Å². The molecule has 1 unspecified atom stereocenters. The molecule has 5 atom stereocenters. The maximum absolute atomic E-state index is 14.4. The van der Waals surface area contributed by atoms with Crippen LogP contribution in [0.4, 0.5) is 27.6 Å². The maximum Gasteiger partial charge on any atom is 0.417 e. The number of rotatable bonds is 5. The molecule has 0 aliphatic carbocycles. The van der Waals surface area contributed by atoms with Crippen LogP contribution in [0, 0.1) is 17.6 Å². The first-order chi connectivity index (χ1) is 15.3. The Balaban J connectivity index is 2.07. The van der Waals surface area contributed by atoms with Crippen LogP contribution in [-0.4, -0.2) is 46.3 Å². The minimum atomic E-state index is -4.87. The Morgan fingerprint density at radius 1 is 1.27 bits per heavy atom. The molecule has 0 bridgehead atoms. The van der Waals surface area contributed by atoms with E-state index in [1.807, 2.05) is 0 Å². The lowest BCUT2D eigenvalue weighted by atomic mass is 9.77. The van der Waals surface area contributed by atoms with Gasteiger partial charge in [0.15, 0.2) is 17.2 Å². The lowest BCUT2D eigenvalue weighted by Gasteiger charge is -2.32. The second-order valence-electron chi connectivity index (χ2n) is 7.77. The van der Waals surface area contributed by atoms with Crippen molar-refractivity contribution in [1.29, 1.82) is 0 Å². The Kier molecular flexibility index (Phi) is 6.81. The average Bonchev–Trinajstić information content (AvgIpc) is 3.02. The van der Waals surface area contributed by atoms with Gasteiger partial charge in [-0.25, -0.2) is 9.37 Å². The minimum absolute atomic E-state index is 0.132. The molecule has 1 amide bonds. The molecule has 1 aliphatic rings. The van der Waals surface area contributed by atoms with Crippen molar-refractivity contribution in [3.8, 4) is 5.75 Å². The third-order valence-corrected chi connectivity index (χ3v) is 6.68. The number of nitrogens with zero attached hydrogens (tertiary/aromatic N) is 1. The summed E-state index contributed by atoms with van der Waals surface area (Å²) in [6.07, 6.45) is -3.95. The summed E-state index contributed by atoms with van der Waals surface area (Å²) in [5, 5.41) is 2.58. The second kappa shape index (κ2) is 8.98. The van der Waals surface area contributed by atoms with Gasteiger partial charge in [0.25, 0.3) is 5.91 Å². The fourth-order valence-corrected chi connectivity index (χ4v) is 4.40. The lowest BCUT2D eigenvalue weighted by Crippen LogP contribution is -2.47. The third kappa shape index (κ3) is 4.45. The molecule has 1 aromatic carbocycles. The first kappa shape index (κ1) is 25.0. The number of halogens is 5. The quantitative estimate of drug-likeness (QED) is 0.634. The summed E-state index contributed by atoms with van der Waals surface area (Å²) < 4.78 is 91.8. The summed E-state index contributed by atoms with van der Waals surface area (Å²) in [4.78, 5) is 17.0. The minimum Gasteiger partial charge on any atom is -0.493 e. The number of aromatic nitrogens is 1. The number of carbonyl (C=O) groups is 1. The summed E-state index contributed by atoms with van der Waals surface area (Å²) in [6, 6.07) is 4.50. The Morgan fingerprint density at radius 2 is 1.94 bits per heavy atom. The zero-order chi connectivity index (χ0) is 24.7. The molecule has 3 rings (SSSR count). The van der Waals surface area contributed by atoms with E-state index in [0.717, 1.165) is 26.2 Å². The predicted octanol–water partition coefficient (Wildman–Crippen LogP) is 4.18. The number of alkyl halides is 3. The van der Waals surface area contributed by atoms with Crippen LogP contribution in [0.25, 0.3) is 0 Å². The molecular formula is C21H21F5N2O4S. The van der Waals surface area contributed by atoms with Gasteiger partial charge in [-0.05, 0) is 25.1 Å². The average molecular weight is 492 g/mol. The zero-order valence-electron chi connectivity index (χ0n) is 18.0. The van der Waals surface area contributed by atoms with Crippen LogP contribution in [-0.2, 0) is 20.3 Å². The number of methoxy groups -OCH3 is 1. The molecule has 33 heavy (non-hydrogen) atoms. The standard InChI is InChI=1S/C21H21F5N2O4S/c1-10-15(12-5-6-13(22)16(23)17(12)31-3)18(32-20(10,2)21(24,25)26)19(29)28-11-7-8-27-14(9-11)33(4)30/h5-10,15,18H,1-4H3,(H,27,28,29)/t10-,15-,18+,20+,33?/m0/s1. The van der Waals surface area contributed by atoms with E-state index < -0.39 is 63.8 Å². The molecule has 1 saturated heterocycles. The van der Waals surface area contributed by atoms with E-state index in [-0.39, 0.29) is 16.3 Å². The number of hydrogen-bond donors (Lipinski definition) is 1. The number of nitrogens with one attached hydrogen (secondary N) is 1. The van der Waals surface area contributed by atoms with Gasteiger partial charge in [0.2, 0.25) is 5.82 Å². The molecule has 0 saturated carbocycles. The van der Waals surface area contributed by atoms with E-state index in [1.165, 1.54) is 31.5 Å². The van der Waals surface area contributed by atoms with Crippen LogP contribution in [0.1, 0.15) is 25.3 Å². The van der Waals surface area contributed by atoms with Gasteiger partial charge in [0.1, 0.15) is 11.1 Å². The molecule has 1 aromatic heterocycles. The third-order valence-electron chi connectivity index (χ3n) is 5.87. The van der Waals surface area contributed by atoms with Gasteiger partial charge in [-0.1, -0.05) is 13.0 Å². The topological polar surface area (TPSA) is 77.5 Å². The van der Waals surface area contributed by atoms with E-state index in [1.54, 1.807) is 0 Å². The molecule has 1 aliphatic heterocycles. The normalized spacial score (nSPS) is 26.2. The van der Waals surface area contributed by atoms with E-state index in [0.29, 0.717) is 0 Å². The summed E-state index contributed by atoms with van der Waals surface area (Å²) in [5.74, 6) is -6.89. The monoisotopic (exact) mass is 492 g/mol. The SMILES string of the molecule is COc1c([C@H]2[C@H](C(=O)Nc3ccnc(S(C)=O)c3)O[C@@](C)(C(F)(F)F)[C@H]2C)ccc(F)c1F. The molecule has 180 valence electrons. The molecule has 2 aromatic rings. The smallest absolute Gasteiger partial charge is 0.417 e. The van der Waals surface area contributed by atoms with Crippen LogP contribution >= 0.6 is 0 Å². The summed E-state index contributed by atoms with van der Waals surface area (Å²) >= 11 is 0. The van der Waals surface area contributed by atoms with Crippen LogP contribution in [0.15, 0.2) is 35.5 Å². The number of ether oxygens (including phenoxy) is 2. The predicted molar refractivity (Wildman–Crippen MR) is 109 cm³/mol. The van der Waals surface area contributed by atoms with E-state index >= 15 is 0 Å². The van der Waals surface area contributed by atoms with Crippen molar-refractivity contribution in [2.24, 2.45) is 5.92 Å². The zero-order valence-corrected chi connectivity index (χ0v) is 18.8. The first-order valence-corrected chi connectivity index (χ1v) is 11.2. The van der Waals surface area contributed by atoms with Gasteiger partial charge >= 0.3 is 6.18 Å². The maximum atomic E-state index is 14.4. The second-order valence-corrected chi connectivity index (χ2v) is 9.09. The number of amides is 1. The van der Waals surface area contributed by atoms with Crippen molar-refractivity contribution < 1.29 is 40.4 Å². The largest absolute Gasteiger partial charge is 0.493 e. The molecule has 6 nitrogen and oxygen atoms in total. The highest BCUT2D eigenvalue weighted by molar-refractivity contribution is 7.84. The lowest BCUT2D eigenvalue weighted by molar-refractivity contribution is -0.272. The Hall–Kier alpha value is -2.60. The van der Waals surface area contributed by atoms with E-state index in [2.05, 4.69) is 10.3 Å². The van der Waals surface area contributed by atoms with Crippen molar-refractivity contribution >= 4 is 22.4 Å². The van der Waals surface area contributed by atoms with Gasteiger partial charge in [0, 0.05) is 35.5 Å². The number of anilines is 1. The highest BCUT2D eigenvalue weighted by Crippen LogP contribution is 2.55. The molecule has 1 fully saturated rings. The summed E-state index contributed by atoms with van der Waals surface area (Å²) in [5.41, 5.74) is -2.76. The van der Waals surface area contributed by atoms with Crippen molar-refractivity contribution in [3.63, 3.8) is 0 Å². The van der Waals surface area contributed by atoms with Crippen molar-refractivity contribution in [3.05, 3.63) is 47.7 Å².